The third-order valence-corrected chi connectivity index (χ3v) is 7.52. The van der Waals surface area contributed by atoms with Gasteiger partial charge in [-0.3, -0.25) is 0 Å². The van der Waals surface area contributed by atoms with Crippen molar-refractivity contribution in [2.45, 2.75) is 33.3 Å². The average molecular weight is 480 g/mol. The molecule has 3 aromatic carbocycles. The topological polar surface area (TPSA) is 56.6 Å². The Balaban J connectivity index is 1.74. The lowest BCUT2D eigenvalue weighted by Crippen LogP contribution is -2.34. The predicted octanol–water partition coefficient (Wildman–Crippen LogP) is 6.12. The fourth-order valence-electron chi connectivity index (χ4n) is 5.85. The fraction of sp³-hybridized carbons (Fsp3) is 0.267. The second kappa shape index (κ2) is 7.98. The summed E-state index contributed by atoms with van der Waals surface area (Å²) < 4.78 is 14.7. The lowest BCUT2D eigenvalue weighted by molar-refractivity contribution is 0.0221. The Labute approximate surface area is 211 Å². The number of anilines is 1. The minimum absolute atomic E-state index is 0.335. The van der Waals surface area contributed by atoms with Gasteiger partial charge in [0.15, 0.2) is 5.60 Å². The summed E-state index contributed by atoms with van der Waals surface area (Å²) in [7, 11) is 1.86. The van der Waals surface area contributed by atoms with Crippen molar-refractivity contribution >= 4 is 11.7 Å². The van der Waals surface area contributed by atoms with Crippen molar-refractivity contribution in [2.24, 2.45) is 7.05 Å². The average Bonchev–Trinajstić information content (AvgIpc) is 3.33. The molecule has 1 aromatic heterocycles. The first-order valence-corrected chi connectivity index (χ1v) is 12.4. The molecule has 6 rings (SSSR count). The van der Waals surface area contributed by atoms with Crippen LogP contribution in [-0.2, 0) is 17.4 Å². The largest absolute Gasteiger partial charge is 0.440 e. The first-order chi connectivity index (χ1) is 17.4. The number of aryl methyl sites for hydroxylation is 3. The van der Waals surface area contributed by atoms with Crippen LogP contribution < -0.4 is 9.64 Å². The van der Waals surface area contributed by atoms with Crippen LogP contribution in [0.1, 0.15) is 52.2 Å². The third-order valence-electron chi connectivity index (χ3n) is 7.52. The van der Waals surface area contributed by atoms with E-state index in [1.54, 1.807) is 4.68 Å². The maximum Gasteiger partial charge on any atom is 0.340 e. The summed E-state index contributed by atoms with van der Waals surface area (Å²) in [4.78, 5) is 15.6. The van der Waals surface area contributed by atoms with Gasteiger partial charge >= 0.3 is 5.97 Å². The van der Waals surface area contributed by atoms with Crippen LogP contribution in [0.15, 0.2) is 60.7 Å². The summed E-state index contributed by atoms with van der Waals surface area (Å²) in [6.45, 7) is 10.1. The fourth-order valence-corrected chi connectivity index (χ4v) is 5.85. The van der Waals surface area contributed by atoms with Gasteiger partial charge in [-0.1, -0.05) is 42.5 Å². The van der Waals surface area contributed by atoms with Crippen molar-refractivity contribution in [3.05, 3.63) is 94.2 Å². The molecule has 2 aliphatic rings. The Morgan fingerprint density at radius 2 is 1.61 bits per heavy atom. The highest BCUT2D eigenvalue weighted by Crippen LogP contribution is 2.58. The summed E-state index contributed by atoms with van der Waals surface area (Å²) in [5.41, 5.74) is 7.13. The predicted molar refractivity (Wildman–Crippen MR) is 140 cm³/mol. The third kappa shape index (κ3) is 2.90. The molecular formula is C30H29N3O3. The van der Waals surface area contributed by atoms with Gasteiger partial charge in [0.05, 0.1) is 16.8 Å². The summed E-state index contributed by atoms with van der Waals surface area (Å²) >= 11 is 0. The normalized spacial score (nSPS) is 17.3. The van der Waals surface area contributed by atoms with Gasteiger partial charge in [-0.2, -0.15) is 5.10 Å². The summed E-state index contributed by atoms with van der Waals surface area (Å²) in [5.74, 6) is 0.936. The molecule has 0 radical (unpaired) electrons. The number of carbonyl (C=O) groups excluding carboxylic acids is 1. The van der Waals surface area contributed by atoms with Gasteiger partial charge in [0.2, 0.25) is 5.88 Å². The molecule has 1 spiro atoms. The van der Waals surface area contributed by atoms with Crippen molar-refractivity contribution in [3.8, 4) is 22.8 Å². The highest BCUT2D eigenvalue weighted by molar-refractivity contribution is 5.97. The number of nitrogens with zero attached hydrogens (tertiary/aromatic N) is 3. The lowest BCUT2D eigenvalue weighted by atomic mass is 9.77. The van der Waals surface area contributed by atoms with Crippen LogP contribution in [0, 0.1) is 13.8 Å². The van der Waals surface area contributed by atoms with Gasteiger partial charge in [0.1, 0.15) is 5.75 Å². The molecule has 0 fully saturated rings. The molecule has 1 unspecified atom stereocenters. The number of aromatic nitrogens is 2. The van der Waals surface area contributed by atoms with Gasteiger partial charge in [0.25, 0.3) is 0 Å². The molecule has 6 heteroatoms. The maximum absolute atomic E-state index is 13.3. The quantitative estimate of drug-likeness (QED) is 0.330. The van der Waals surface area contributed by atoms with Crippen LogP contribution in [0.2, 0.25) is 0 Å². The zero-order valence-electron chi connectivity index (χ0n) is 21.3. The minimum atomic E-state index is -1.13. The molecule has 0 N–H and O–H groups in total. The van der Waals surface area contributed by atoms with Crippen LogP contribution in [0.4, 0.5) is 5.69 Å². The van der Waals surface area contributed by atoms with E-state index in [1.807, 2.05) is 38.2 Å². The minimum Gasteiger partial charge on any atom is -0.440 e. The highest BCUT2D eigenvalue weighted by Gasteiger charge is 2.56. The molecule has 0 saturated heterocycles. The molecule has 0 aliphatic carbocycles. The molecule has 0 bridgehead atoms. The van der Waals surface area contributed by atoms with E-state index < -0.39 is 5.60 Å². The summed E-state index contributed by atoms with van der Waals surface area (Å²) in [6.07, 6.45) is 0. The van der Waals surface area contributed by atoms with E-state index in [0.717, 1.165) is 52.3 Å². The van der Waals surface area contributed by atoms with Gasteiger partial charge in [-0.05, 0) is 51.0 Å². The van der Waals surface area contributed by atoms with Crippen molar-refractivity contribution in [1.82, 2.24) is 9.78 Å². The monoisotopic (exact) mass is 479 g/mol. The smallest absolute Gasteiger partial charge is 0.340 e. The number of hydrogen-bond acceptors (Lipinski definition) is 5. The van der Waals surface area contributed by atoms with Crippen LogP contribution in [0.3, 0.4) is 0 Å². The van der Waals surface area contributed by atoms with E-state index in [4.69, 9.17) is 9.47 Å². The molecule has 1 atom stereocenters. The molecule has 0 amide bonds. The van der Waals surface area contributed by atoms with Crippen molar-refractivity contribution in [2.75, 3.05) is 18.0 Å². The summed E-state index contributed by atoms with van der Waals surface area (Å²) in [6, 6.07) is 20.3. The van der Waals surface area contributed by atoms with Crippen LogP contribution in [0.5, 0.6) is 11.6 Å². The molecule has 2 aliphatic heterocycles. The van der Waals surface area contributed by atoms with Gasteiger partial charge in [0, 0.05) is 48.6 Å². The number of fused-ring (bicyclic) bond motifs is 6. The van der Waals surface area contributed by atoms with E-state index in [1.165, 1.54) is 5.56 Å². The van der Waals surface area contributed by atoms with E-state index in [-0.39, 0.29) is 5.97 Å². The Hall–Kier alpha value is -4.06. The van der Waals surface area contributed by atoms with E-state index in [2.05, 4.69) is 67.2 Å². The van der Waals surface area contributed by atoms with Gasteiger partial charge in [-0.15, -0.1) is 0 Å². The molecule has 182 valence electrons. The standard InChI is InChI=1S/C30H29N3O3/c1-6-33(7-2)25-17-26-24(16-22(25)20-13-9-8-12-18(20)3)30(27-19(4)31-32(5)28(27)35-26)23-15-11-10-14-21(23)29(34)36-30/h8-17H,6-7H2,1-5H3. The van der Waals surface area contributed by atoms with Gasteiger partial charge in [-0.25, -0.2) is 9.48 Å². The highest BCUT2D eigenvalue weighted by atomic mass is 16.6. The van der Waals surface area contributed by atoms with Crippen LogP contribution in [0.25, 0.3) is 11.1 Å². The first-order valence-electron chi connectivity index (χ1n) is 12.4. The Kier molecular flexibility index (Phi) is 4.97. The van der Waals surface area contributed by atoms with Crippen molar-refractivity contribution in [3.63, 3.8) is 0 Å². The number of ether oxygens (including phenoxy) is 2. The van der Waals surface area contributed by atoms with E-state index >= 15 is 0 Å². The number of benzene rings is 3. The van der Waals surface area contributed by atoms with Crippen molar-refractivity contribution < 1.29 is 14.3 Å². The number of hydrogen-bond donors (Lipinski definition) is 0. The first kappa shape index (κ1) is 22.4. The molecule has 4 aromatic rings. The summed E-state index contributed by atoms with van der Waals surface area (Å²) in [5, 5.41) is 4.67. The molecule has 3 heterocycles. The Morgan fingerprint density at radius 1 is 0.917 bits per heavy atom. The second-order valence-electron chi connectivity index (χ2n) is 9.46. The Bertz CT molecular complexity index is 1530. The number of rotatable bonds is 4. The van der Waals surface area contributed by atoms with E-state index in [9.17, 15) is 4.79 Å². The lowest BCUT2D eigenvalue weighted by Gasteiger charge is -2.37. The zero-order valence-corrected chi connectivity index (χ0v) is 21.3. The second-order valence-corrected chi connectivity index (χ2v) is 9.46. The van der Waals surface area contributed by atoms with E-state index in [0.29, 0.717) is 17.2 Å². The SMILES string of the molecule is CCN(CC)c1cc2c(cc1-c1ccccc1C)C1(OC(=O)c3ccccc31)c1c(C)nn(C)c1O2. The maximum atomic E-state index is 13.3. The number of carbonyl (C=O) groups is 1. The number of esters is 1. The Morgan fingerprint density at radius 3 is 2.33 bits per heavy atom. The van der Waals surface area contributed by atoms with Gasteiger partial charge < -0.3 is 14.4 Å². The molecule has 36 heavy (non-hydrogen) atoms. The van der Waals surface area contributed by atoms with Crippen molar-refractivity contribution in [1.29, 1.82) is 0 Å². The zero-order chi connectivity index (χ0) is 25.2. The molecule has 0 saturated carbocycles. The van der Waals surface area contributed by atoms with Crippen LogP contribution >= 0.6 is 0 Å². The van der Waals surface area contributed by atoms with Crippen LogP contribution in [-0.4, -0.2) is 28.8 Å². The molecule has 6 nitrogen and oxygen atoms in total. The molecular weight excluding hydrogens is 450 g/mol.